The van der Waals surface area contributed by atoms with Gasteiger partial charge < -0.3 is 32.5 Å². The summed E-state index contributed by atoms with van der Waals surface area (Å²) >= 11 is 0. The van der Waals surface area contributed by atoms with Crippen molar-refractivity contribution in [3.8, 4) is 29.1 Å². The molecule has 3 aliphatic rings. The maximum Gasteiger partial charge on any atom is 0.399 e. The molecule has 2 fully saturated rings. The van der Waals surface area contributed by atoms with E-state index in [2.05, 4.69) is 45.6 Å². The molecule has 0 aliphatic carbocycles. The number of epoxide rings is 1. The van der Waals surface area contributed by atoms with E-state index in [4.69, 9.17) is 37.3 Å². The van der Waals surface area contributed by atoms with Gasteiger partial charge in [-0.05, 0) is 110 Å². The Bertz CT molecular complexity index is 2070. The Morgan fingerprint density at radius 1 is 0.857 bits per heavy atom. The lowest BCUT2D eigenvalue weighted by Gasteiger charge is -2.28. The summed E-state index contributed by atoms with van der Waals surface area (Å²) in [6.45, 7) is 13.2. The Kier molecular flexibility index (Phi) is 8.60. The summed E-state index contributed by atoms with van der Waals surface area (Å²) in [5, 5.41) is 1.67. The average Bonchev–Trinajstić information content (AvgIpc) is 3.31. The summed E-state index contributed by atoms with van der Waals surface area (Å²) in [6, 6.07) is 12.3. The Morgan fingerprint density at radius 2 is 1.55 bits per heavy atom. The number of ether oxygens (including phenoxy) is 6. The zero-order valence-corrected chi connectivity index (χ0v) is 28.8. The summed E-state index contributed by atoms with van der Waals surface area (Å²) in [5.41, 5.74) is 3.11. The molecule has 2 unspecified atom stereocenters. The molecule has 3 aliphatic heterocycles. The molecule has 9 nitrogen and oxygen atoms in total. The summed E-state index contributed by atoms with van der Waals surface area (Å²) in [4.78, 5) is 11.6. The van der Waals surface area contributed by atoms with Gasteiger partial charge in [0.15, 0.2) is 0 Å². The van der Waals surface area contributed by atoms with Crippen molar-refractivity contribution in [3.05, 3.63) is 88.0 Å². The van der Waals surface area contributed by atoms with Gasteiger partial charge in [-0.2, -0.15) is 0 Å². The van der Waals surface area contributed by atoms with Crippen LogP contribution >= 0.6 is 0 Å². The molecule has 0 radical (unpaired) electrons. The summed E-state index contributed by atoms with van der Waals surface area (Å²) in [5.74, 6) is 6.55. The highest BCUT2D eigenvalue weighted by Crippen LogP contribution is 2.46. The van der Waals surface area contributed by atoms with Crippen LogP contribution in [0.15, 0.2) is 85.7 Å². The van der Waals surface area contributed by atoms with Gasteiger partial charge in [-0.3, -0.25) is 4.74 Å². The maximum atomic E-state index is 11.6. The normalized spacial score (nSPS) is 23.6. The fourth-order valence-corrected chi connectivity index (χ4v) is 6.33. The van der Waals surface area contributed by atoms with Crippen LogP contribution in [-0.2, 0) is 14.2 Å². The van der Waals surface area contributed by atoms with E-state index in [0.29, 0.717) is 59.7 Å². The fraction of sp³-hybridized carbons (Fsp3) is 0.425. The van der Waals surface area contributed by atoms with E-state index in [0.717, 1.165) is 35.6 Å². The minimum absolute atomic E-state index is 0.000398. The predicted molar refractivity (Wildman–Crippen MR) is 185 cm³/mol. The van der Waals surface area contributed by atoms with Gasteiger partial charge in [0.25, 0.3) is 0 Å². The number of benzene rings is 2. The van der Waals surface area contributed by atoms with Gasteiger partial charge in [0.2, 0.25) is 0 Å². The first-order valence-corrected chi connectivity index (χ1v) is 16.8. The van der Waals surface area contributed by atoms with Crippen LogP contribution < -0.4 is 19.8 Å². The fourth-order valence-electron chi connectivity index (χ4n) is 6.33. The Hall–Kier alpha value is -4.49. The number of rotatable bonds is 12. The molecule has 3 atom stereocenters. The van der Waals surface area contributed by atoms with Crippen LogP contribution in [0.3, 0.4) is 0 Å². The van der Waals surface area contributed by atoms with Crippen molar-refractivity contribution in [2.24, 2.45) is 0 Å². The summed E-state index contributed by atoms with van der Waals surface area (Å²) < 4.78 is 48.2. The Morgan fingerprint density at radius 3 is 2.29 bits per heavy atom. The summed E-state index contributed by atoms with van der Waals surface area (Å²) in [7, 11) is 0. The van der Waals surface area contributed by atoms with Crippen LogP contribution in [0.1, 0.15) is 72.8 Å². The predicted octanol–water partition coefficient (Wildman–Crippen LogP) is 8.22. The molecule has 0 amide bonds. The minimum Gasteiger partial charge on any atom is -0.489 e. The van der Waals surface area contributed by atoms with Crippen LogP contribution in [0.5, 0.6) is 17.2 Å². The molecule has 2 aromatic heterocycles. The van der Waals surface area contributed by atoms with Crippen molar-refractivity contribution in [1.29, 1.82) is 0 Å². The molecule has 4 aromatic rings. The minimum atomic E-state index is -1.54. The lowest BCUT2D eigenvalue weighted by Crippen LogP contribution is -2.39. The van der Waals surface area contributed by atoms with Crippen molar-refractivity contribution in [3.63, 3.8) is 0 Å². The van der Waals surface area contributed by atoms with E-state index in [1.807, 2.05) is 44.2 Å². The second-order valence-electron chi connectivity index (χ2n) is 14.1. The van der Waals surface area contributed by atoms with Gasteiger partial charge in [0, 0.05) is 29.5 Å². The van der Waals surface area contributed by atoms with Gasteiger partial charge in [-0.15, -0.1) is 0 Å². The molecule has 0 bridgehead atoms. The number of fused-ring (bicyclic) bond motifs is 3. The van der Waals surface area contributed by atoms with E-state index in [1.54, 1.807) is 18.4 Å². The lowest BCUT2D eigenvalue weighted by atomic mass is 9.96. The molecule has 2 aromatic carbocycles. The highest BCUT2D eigenvalue weighted by Gasteiger charge is 2.55. The van der Waals surface area contributed by atoms with Crippen LogP contribution in [0, 0.1) is 11.8 Å². The van der Waals surface area contributed by atoms with E-state index in [-0.39, 0.29) is 17.3 Å². The second kappa shape index (κ2) is 12.8. The number of hydrogen-bond acceptors (Lipinski definition) is 9. The Labute approximate surface area is 285 Å². The molecule has 2 saturated heterocycles. The van der Waals surface area contributed by atoms with E-state index < -0.39 is 11.6 Å². The van der Waals surface area contributed by atoms with Gasteiger partial charge in [0.1, 0.15) is 47.2 Å². The van der Waals surface area contributed by atoms with E-state index in [1.165, 1.54) is 11.6 Å². The van der Waals surface area contributed by atoms with E-state index >= 15 is 0 Å². The molecule has 9 heteroatoms. The first-order chi connectivity index (χ1) is 23.4. The summed E-state index contributed by atoms with van der Waals surface area (Å²) in [6.07, 6.45) is 9.22. The van der Waals surface area contributed by atoms with Crippen LogP contribution in [0.25, 0.3) is 21.9 Å². The largest absolute Gasteiger partial charge is 0.489 e. The van der Waals surface area contributed by atoms with Crippen molar-refractivity contribution < 1.29 is 37.3 Å². The third kappa shape index (κ3) is 7.13. The van der Waals surface area contributed by atoms with Gasteiger partial charge in [-0.1, -0.05) is 11.1 Å². The topological polar surface area (TPSA) is 102 Å². The highest BCUT2D eigenvalue weighted by atomic mass is 16.9. The van der Waals surface area contributed by atoms with Crippen molar-refractivity contribution in [2.45, 2.75) is 96.6 Å². The van der Waals surface area contributed by atoms with Crippen LogP contribution in [0.4, 0.5) is 0 Å². The van der Waals surface area contributed by atoms with Crippen LogP contribution in [0.2, 0.25) is 0 Å². The SMILES string of the molecule is C/C(=C\COc1ccc2ccc(=O)oc2c1)CCC1OC2(C#Cc3c(cc4occc4c3OC/C=C(\C)CC[C@H]3OC3(C)C)O2)OC1(C)C. The number of furan rings is 1. The van der Waals surface area contributed by atoms with Crippen molar-refractivity contribution in [1.82, 2.24) is 0 Å². The molecular weight excluding hydrogens is 624 g/mol. The number of allylic oxidation sites excluding steroid dienone is 2. The molecular formula is C40H42O9. The standard InChI is InChI=1S/C40H42O9/c1-25(16-20-42-28-11-9-27-10-14-36(41)45-31(27)23-28)8-13-35-39(5,6)49-40(48-35)19-15-29-33(46-40)24-32-30(18-22-43-32)37(29)44-21-17-26(2)7-12-34-38(3,4)47-34/h9-11,14,16-18,22-24,34-35H,7-8,12-13,20-21H2,1-6H3/b25-16+,26-17+/t34-,35?,40?/m1/s1. The molecule has 0 saturated carbocycles. The molecule has 256 valence electrons. The van der Waals surface area contributed by atoms with E-state index in [9.17, 15) is 4.79 Å². The maximum absolute atomic E-state index is 11.6. The molecule has 0 N–H and O–H groups in total. The first-order valence-electron chi connectivity index (χ1n) is 16.8. The smallest absolute Gasteiger partial charge is 0.399 e. The zero-order valence-electron chi connectivity index (χ0n) is 28.8. The van der Waals surface area contributed by atoms with Crippen LogP contribution in [-0.4, -0.2) is 42.6 Å². The third-order valence-corrected chi connectivity index (χ3v) is 9.43. The second-order valence-corrected chi connectivity index (χ2v) is 14.1. The Balaban J connectivity index is 0.982. The average molecular weight is 667 g/mol. The van der Waals surface area contributed by atoms with Gasteiger partial charge in [0.05, 0.1) is 35.1 Å². The lowest BCUT2D eigenvalue weighted by molar-refractivity contribution is -0.263. The molecule has 49 heavy (non-hydrogen) atoms. The third-order valence-electron chi connectivity index (χ3n) is 9.43. The zero-order chi connectivity index (χ0) is 34.4. The first kappa shape index (κ1) is 33.0. The quantitative estimate of drug-likeness (QED) is 0.0641. The van der Waals surface area contributed by atoms with Gasteiger partial charge >= 0.3 is 11.6 Å². The molecule has 7 rings (SSSR count). The molecule has 1 spiro atoms. The van der Waals surface area contributed by atoms with Gasteiger partial charge in [-0.25, -0.2) is 4.79 Å². The number of hydrogen-bond donors (Lipinski definition) is 0. The van der Waals surface area contributed by atoms with Crippen molar-refractivity contribution >= 4 is 21.9 Å². The molecule has 5 heterocycles. The highest BCUT2D eigenvalue weighted by molar-refractivity contribution is 5.89. The van der Waals surface area contributed by atoms with Crippen molar-refractivity contribution in [2.75, 3.05) is 13.2 Å². The monoisotopic (exact) mass is 666 g/mol.